The molecule has 0 aromatic heterocycles. The molecule has 0 heterocycles. The number of ether oxygens (including phenoxy) is 3. The molecule has 0 unspecified atom stereocenters. The van der Waals surface area contributed by atoms with Gasteiger partial charge in [0, 0.05) is 5.56 Å². The van der Waals surface area contributed by atoms with Crippen molar-refractivity contribution in [2.24, 2.45) is 0 Å². The molecule has 2 aromatic rings. The summed E-state index contributed by atoms with van der Waals surface area (Å²) in [6.45, 7) is 4.77. The summed E-state index contributed by atoms with van der Waals surface area (Å²) in [6, 6.07) is 10.0. The number of phenols is 1. The third kappa shape index (κ3) is 4.76. The van der Waals surface area contributed by atoms with Gasteiger partial charge in [0.05, 0.1) is 20.3 Å². The maximum atomic E-state index is 12.4. The minimum Gasteiger partial charge on any atom is -0.504 e. The number of methoxy groups -OCH3 is 1. The minimum atomic E-state index is -0.167. The van der Waals surface area contributed by atoms with Crippen LogP contribution in [0.4, 0.5) is 0 Å². The molecular formula is C20H22O5. The van der Waals surface area contributed by atoms with Crippen LogP contribution in [0.3, 0.4) is 0 Å². The summed E-state index contributed by atoms with van der Waals surface area (Å²) in [7, 11) is 1.48. The van der Waals surface area contributed by atoms with Gasteiger partial charge in [-0.2, -0.15) is 0 Å². The Labute approximate surface area is 147 Å². The van der Waals surface area contributed by atoms with Crippen molar-refractivity contribution < 1.29 is 24.1 Å². The third-order valence-corrected chi connectivity index (χ3v) is 3.46. The van der Waals surface area contributed by atoms with Crippen molar-refractivity contribution in [1.82, 2.24) is 0 Å². The van der Waals surface area contributed by atoms with E-state index in [-0.39, 0.29) is 11.5 Å². The number of ketones is 1. The van der Waals surface area contributed by atoms with Gasteiger partial charge in [-0.05, 0) is 55.8 Å². The standard InChI is InChI=1S/C20H22O5/c1-4-24-19-11-8-15(13-20(19)25-5-2)16(21)9-6-14-7-10-18(23-3)17(22)12-14/h6-13,22H,4-5H2,1-3H3/b9-6+. The van der Waals surface area contributed by atoms with E-state index in [9.17, 15) is 9.90 Å². The van der Waals surface area contributed by atoms with Crippen LogP contribution >= 0.6 is 0 Å². The van der Waals surface area contributed by atoms with E-state index in [1.807, 2.05) is 13.8 Å². The molecule has 0 aliphatic rings. The Kier molecular flexibility index (Phi) is 6.46. The quantitative estimate of drug-likeness (QED) is 0.578. The predicted octanol–water partition coefficient (Wildman–Crippen LogP) is 4.09. The van der Waals surface area contributed by atoms with Gasteiger partial charge in [0.1, 0.15) is 0 Å². The van der Waals surface area contributed by atoms with Gasteiger partial charge in [-0.1, -0.05) is 12.1 Å². The molecule has 25 heavy (non-hydrogen) atoms. The molecule has 0 radical (unpaired) electrons. The van der Waals surface area contributed by atoms with Gasteiger partial charge in [-0.3, -0.25) is 4.79 Å². The van der Waals surface area contributed by atoms with Crippen LogP contribution in [0.15, 0.2) is 42.5 Å². The number of phenolic OH excluding ortho intramolecular Hbond substituents is 1. The second kappa shape index (κ2) is 8.78. The lowest BCUT2D eigenvalue weighted by Crippen LogP contribution is -2.01. The third-order valence-electron chi connectivity index (χ3n) is 3.46. The van der Waals surface area contributed by atoms with E-state index in [0.29, 0.717) is 41.6 Å². The summed E-state index contributed by atoms with van der Waals surface area (Å²) >= 11 is 0. The average Bonchev–Trinajstić information content (AvgIpc) is 2.61. The van der Waals surface area contributed by atoms with E-state index >= 15 is 0 Å². The van der Waals surface area contributed by atoms with E-state index < -0.39 is 0 Å². The maximum absolute atomic E-state index is 12.4. The fourth-order valence-electron chi connectivity index (χ4n) is 2.28. The molecule has 0 aliphatic carbocycles. The Bertz CT molecular complexity index is 765. The summed E-state index contributed by atoms with van der Waals surface area (Å²) in [4.78, 5) is 12.4. The van der Waals surface area contributed by atoms with Crippen molar-refractivity contribution in [3.63, 3.8) is 0 Å². The number of aromatic hydroxyl groups is 1. The summed E-state index contributed by atoms with van der Waals surface area (Å²) in [5.74, 6) is 1.41. The molecule has 0 saturated carbocycles. The first kappa shape index (κ1) is 18.4. The van der Waals surface area contributed by atoms with Crippen LogP contribution in [0.1, 0.15) is 29.8 Å². The van der Waals surface area contributed by atoms with Crippen molar-refractivity contribution in [2.45, 2.75) is 13.8 Å². The Morgan fingerprint density at radius 3 is 2.32 bits per heavy atom. The van der Waals surface area contributed by atoms with Crippen molar-refractivity contribution in [2.75, 3.05) is 20.3 Å². The first-order valence-corrected chi connectivity index (χ1v) is 8.08. The molecule has 0 saturated heterocycles. The summed E-state index contributed by atoms with van der Waals surface area (Å²) in [6.07, 6.45) is 3.09. The zero-order chi connectivity index (χ0) is 18.2. The van der Waals surface area contributed by atoms with Crippen molar-refractivity contribution in [3.05, 3.63) is 53.6 Å². The fraction of sp³-hybridized carbons (Fsp3) is 0.250. The van der Waals surface area contributed by atoms with Gasteiger partial charge in [0.2, 0.25) is 0 Å². The maximum Gasteiger partial charge on any atom is 0.185 e. The van der Waals surface area contributed by atoms with E-state index in [4.69, 9.17) is 14.2 Å². The number of benzene rings is 2. The highest BCUT2D eigenvalue weighted by molar-refractivity contribution is 6.07. The second-order valence-electron chi connectivity index (χ2n) is 5.16. The van der Waals surface area contributed by atoms with Gasteiger partial charge in [-0.25, -0.2) is 0 Å². The van der Waals surface area contributed by atoms with Crippen LogP contribution in [0.2, 0.25) is 0 Å². The normalized spacial score (nSPS) is 10.7. The molecule has 1 N–H and O–H groups in total. The summed E-state index contributed by atoms with van der Waals surface area (Å²) < 4.78 is 16.0. The SMILES string of the molecule is CCOc1ccc(C(=O)/C=C/c2ccc(OC)c(O)c2)cc1OCC. The van der Waals surface area contributed by atoms with Crippen LogP contribution in [0.5, 0.6) is 23.0 Å². The monoisotopic (exact) mass is 342 g/mol. The highest BCUT2D eigenvalue weighted by Crippen LogP contribution is 2.29. The number of hydrogen-bond acceptors (Lipinski definition) is 5. The molecule has 0 atom stereocenters. The molecular weight excluding hydrogens is 320 g/mol. The average molecular weight is 342 g/mol. The molecule has 0 spiro atoms. The number of hydrogen-bond donors (Lipinski definition) is 1. The second-order valence-corrected chi connectivity index (χ2v) is 5.16. The van der Waals surface area contributed by atoms with Gasteiger partial charge in [0.25, 0.3) is 0 Å². The Balaban J connectivity index is 2.19. The number of carbonyl (C=O) groups excluding carboxylic acids is 1. The summed E-state index contributed by atoms with van der Waals surface area (Å²) in [5.41, 5.74) is 1.20. The first-order valence-electron chi connectivity index (χ1n) is 8.08. The zero-order valence-electron chi connectivity index (χ0n) is 14.6. The van der Waals surface area contributed by atoms with E-state index in [0.717, 1.165) is 0 Å². The number of allylic oxidation sites excluding steroid dienone is 1. The topological polar surface area (TPSA) is 65.0 Å². The van der Waals surface area contributed by atoms with Crippen molar-refractivity contribution in [1.29, 1.82) is 0 Å². The smallest absolute Gasteiger partial charge is 0.185 e. The van der Waals surface area contributed by atoms with Gasteiger partial charge >= 0.3 is 0 Å². The molecule has 0 aliphatic heterocycles. The lowest BCUT2D eigenvalue weighted by atomic mass is 10.1. The van der Waals surface area contributed by atoms with Crippen LogP contribution in [0, 0.1) is 0 Å². The highest BCUT2D eigenvalue weighted by atomic mass is 16.5. The van der Waals surface area contributed by atoms with E-state index in [2.05, 4.69) is 0 Å². The van der Waals surface area contributed by atoms with Crippen LogP contribution in [0.25, 0.3) is 6.08 Å². The van der Waals surface area contributed by atoms with Crippen molar-refractivity contribution in [3.8, 4) is 23.0 Å². The largest absolute Gasteiger partial charge is 0.504 e. The van der Waals surface area contributed by atoms with Crippen LogP contribution in [-0.2, 0) is 0 Å². The van der Waals surface area contributed by atoms with Crippen molar-refractivity contribution >= 4 is 11.9 Å². The van der Waals surface area contributed by atoms with Gasteiger partial charge < -0.3 is 19.3 Å². The zero-order valence-corrected chi connectivity index (χ0v) is 14.6. The number of carbonyl (C=O) groups is 1. The molecule has 2 rings (SSSR count). The summed E-state index contributed by atoms with van der Waals surface area (Å²) in [5, 5.41) is 9.78. The number of rotatable bonds is 8. The Morgan fingerprint density at radius 2 is 1.68 bits per heavy atom. The highest BCUT2D eigenvalue weighted by Gasteiger charge is 2.10. The van der Waals surface area contributed by atoms with Gasteiger partial charge in [-0.15, -0.1) is 0 Å². The fourth-order valence-corrected chi connectivity index (χ4v) is 2.28. The lowest BCUT2D eigenvalue weighted by Gasteiger charge is -2.11. The molecule has 0 amide bonds. The Morgan fingerprint density at radius 1 is 1.00 bits per heavy atom. The predicted molar refractivity (Wildman–Crippen MR) is 96.8 cm³/mol. The minimum absolute atomic E-state index is 0.0248. The van der Waals surface area contributed by atoms with E-state index in [1.54, 1.807) is 36.4 Å². The molecule has 0 fully saturated rings. The first-order chi connectivity index (χ1) is 12.1. The molecule has 2 aromatic carbocycles. The van der Waals surface area contributed by atoms with E-state index in [1.165, 1.54) is 19.3 Å². The van der Waals surface area contributed by atoms with Crippen LogP contribution < -0.4 is 14.2 Å². The van der Waals surface area contributed by atoms with Gasteiger partial charge in [0.15, 0.2) is 28.8 Å². The Hall–Kier alpha value is -2.95. The molecule has 5 heteroatoms. The van der Waals surface area contributed by atoms with Crippen LogP contribution in [-0.4, -0.2) is 31.2 Å². The molecule has 132 valence electrons. The molecule has 5 nitrogen and oxygen atoms in total. The lowest BCUT2D eigenvalue weighted by molar-refractivity contribution is 0.104. The molecule has 0 bridgehead atoms.